The minimum atomic E-state index is 0.213. The normalized spacial score (nSPS) is 17.4. The zero-order valence-electron chi connectivity index (χ0n) is 12.7. The summed E-state index contributed by atoms with van der Waals surface area (Å²) in [6.07, 6.45) is 5.55. The van der Waals surface area contributed by atoms with Crippen molar-refractivity contribution in [3.8, 4) is 0 Å². The Hall–Kier alpha value is -0.340. The van der Waals surface area contributed by atoms with E-state index in [-0.39, 0.29) is 5.41 Å². The van der Waals surface area contributed by atoms with Crippen LogP contribution >= 0.6 is 15.9 Å². The maximum atomic E-state index is 3.66. The lowest BCUT2D eigenvalue weighted by molar-refractivity contribution is 0.237. The maximum absolute atomic E-state index is 3.66. The topological polar surface area (TPSA) is 3.24 Å². The Morgan fingerprint density at radius 1 is 1.16 bits per heavy atom. The summed E-state index contributed by atoms with van der Waals surface area (Å²) in [5.74, 6) is 0. The number of nitrogens with zero attached hydrogens (tertiary/aromatic N) is 1. The first-order chi connectivity index (χ1) is 8.86. The van der Waals surface area contributed by atoms with Crippen LogP contribution in [0.15, 0.2) is 22.7 Å². The van der Waals surface area contributed by atoms with Gasteiger partial charge in [-0.2, -0.15) is 0 Å². The third-order valence-corrected chi connectivity index (χ3v) is 4.66. The van der Waals surface area contributed by atoms with Gasteiger partial charge in [-0.1, -0.05) is 55.6 Å². The molecule has 0 amide bonds. The van der Waals surface area contributed by atoms with Crippen molar-refractivity contribution in [1.29, 1.82) is 0 Å². The van der Waals surface area contributed by atoms with Crippen molar-refractivity contribution in [2.24, 2.45) is 0 Å². The number of hydrogen-bond acceptors (Lipinski definition) is 1. The van der Waals surface area contributed by atoms with Crippen LogP contribution in [0.4, 0.5) is 0 Å². The van der Waals surface area contributed by atoms with Gasteiger partial charge < -0.3 is 0 Å². The molecular formula is C17H26BrN. The van der Waals surface area contributed by atoms with E-state index in [1.807, 2.05) is 0 Å². The first kappa shape index (κ1) is 15.1. The van der Waals surface area contributed by atoms with Gasteiger partial charge in [-0.25, -0.2) is 0 Å². The molecule has 0 atom stereocenters. The third-order valence-electron chi connectivity index (χ3n) is 4.20. The number of hydrogen-bond donors (Lipinski definition) is 0. The summed E-state index contributed by atoms with van der Waals surface area (Å²) < 4.78 is 1.20. The van der Waals surface area contributed by atoms with Crippen LogP contribution in [0, 0.1) is 0 Å². The lowest BCUT2D eigenvalue weighted by Crippen LogP contribution is -2.28. The number of rotatable bonds is 3. The Labute approximate surface area is 126 Å². The molecule has 1 aromatic rings. The highest BCUT2D eigenvalue weighted by Gasteiger charge is 2.20. The Bertz CT molecular complexity index is 427. The van der Waals surface area contributed by atoms with Gasteiger partial charge in [-0.15, -0.1) is 0 Å². The third kappa shape index (κ3) is 4.06. The summed E-state index contributed by atoms with van der Waals surface area (Å²) in [6, 6.07) is 7.67. The molecule has 1 aliphatic rings. The summed E-state index contributed by atoms with van der Waals surface area (Å²) in [7, 11) is 2.27. The zero-order valence-corrected chi connectivity index (χ0v) is 14.3. The van der Waals surface area contributed by atoms with Crippen LogP contribution in [0.3, 0.4) is 0 Å². The molecule has 1 fully saturated rings. The van der Waals surface area contributed by atoms with Gasteiger partial charge in [0.05, 0.1) is 0 Å². The molecule has 106 valence electrons. The van der Waals surface area contributed by atoms with Gasteiger partial charge in [0.2, 0.25) is 0 Å². The molecule has 1 aromatic carbocycles. The Balaban J connectivity index is 2.13. The molecule has 1 aliphatic carbocycles. The highest BCUT2D eigenvalue weighted by atomic mass is 79.9. The standard InChI is InChI=1S/C17H26BrN/c1-17(2,3)14-9-13(10-15(18)11-14)12-19(4)16-7-5-6-8-16/h9-11,16H,5-8,12H2,1-4H3. The molecule has 1 saturated carbocycles. The Kier molecular flexibility index (Phi) is 4.73. The monoisotopic (exact) mass is 323 g/mol. The molecule has 19 heavy (non-hydrogen) atoms. The summed E-state index contributed by atoms with van der Waals surface area (Å²) in [5.41, 5.74) is 3.05. The van der Waals surface area contributed by atoms with Crippen LogP contribution < -0.4 is 0 Å². The fourth-order valence-electron chi connectivity index (χ4n) is 2.94. The highest BCUT2D eigenvalue weighted by molar-refractivity contribution is 9.10. The van der Waals surface area contributed by atoms with Crippen molar-refractivity contribution in [1.82, 2.24) is 4.90 Å². The molecular weight excluding hydrogens is 298 g/mol. The van der Waals surface area contributed by atoms with E-state index in [4.69, 9.17) is 0 Å². The molecule has 0 aliphatic heterocycles. The molecule has 0 unspecified atom stereocenters. The minimum Gasteiger partial charge on any atom is -0.299 e. The summed E-state index contributed by atoms with van der Waals surface area (Å²) in [4.78, 5) is 2.53. The van der Waals surface area contributed by atoms with E-state index in [0.29, 0.717) is 0 Å². The van der Waals surface area contributed by atoms with Gasteiger partial charge in [0.25, 0.3) is 0 Å². The van der Waals surface area contributed by atoms with Gasteiger partial charge in [0.1, 0.15) is 0 Å². The highest BCUT2D eigenvalue weighted by Crippen LogP contribution is 2.28. The predicted molar refractivity (Wildman–Crippen MR) is 86.6 cm³/mol. The van der Waals surface area contributed by atoms with Gasteiger partial charge in [-0.3, -0.25) is 4.90 Å². The van der Waals surface area contributed by atoms with Crippen molar-refractivity contribution in [3.63, 3.8) is 0 Å². The fourth-order valence-corrected chi connectivity index (χ4v) is 3.48. The van der Waals surface area contributed by atoms with Gasteiger partial charge in [-0.05, 0) is 48.6 Å². The average Bonchev–Trinajstić information content (AvgIpc) is 2.80. The molecule has 0 aromatic heterocycles. The quantitative estimate of drug-likeness (QED) is 0.746. The lowest BCUT2D eigenvalue weighted by atomic mass is 9.86. The first-order valence-electron chi connectivity index (χ1n) is 7.36. The molecule has 0 radical (unpaired) electrons. The van der Waals surface area contributed by atoms with Crippen molar-refractivity contribution >= 4 is 15.9 Å². The Morgan fingerprint density at radius 3 is 2.37 bits per heavy atom. The van der Waals surface area contributed by atoms with E-state index < -0.39 is 0 Å². The average molecular weight is 324 g/mol. The van der Waals surface area contributed by atoms with Crippen molar-refractivity contribution in [2.75, 3.05) is 7.05 Å². The van der Waals surface area contributed by atoms with Crippen LogP contribution in [0.2, 0.25) is 0 Å². The summed E-state index contributed by atoms with van der Waals surface area (Å²) in [6.45, 7) is 7.89. The number of benzene rings is 1. The SMILES string of the molecule is CN(Cc1cc(Br)cc(C(C)(C)C)c1)C1CCCC1. The van der Waals surface area contributed by atoms with Gasteiger partial charge in [0.15, 0.2) is 0 Å². The van der Waals surface area contributed by atoms with Crippen molar-refractivity contribution < 1.29 is 0 Å². The van der Waals surface area contributed by atoms with Crippen molar-refractivity contribution in [3.05, 3.63) is 33.8 Å². The second-order valence-corrected chi connectivity index (χ2v) is 7.87. The van der Waals surface area contributed by atoms with E-state index in [9.17, 15) is 0 Å². The minimum absolute atomic E-state index is 0.213. The second-order valence-electron chi connectivity index (χ2n) is 6.95. The van der Waals surface area contributed by atoms with Gasteiger partial charge >= 0.3 is 0 Å². The van der Waals surface area contributed by atoms with Crippen LogP contribution in [-0.4, -0.2) is 18.0 Å². The zero-order chi connectivity index (χ0) is 14.0. The largest absolute Gasteiger partial charge is 0.299 e. The van der Waals surface area contributed by atoms with Crippen LogP contribution in [0.5, 0.6) is 0 Å². The smallest absolute Gasteiger partial charge is 0.0234 e. The second kappa shape index (κ2) is 5.97. The molecule has 0 bridgehead atoms. The first-order valence-corrected chi connectivity index (χ1v) is 8.16. The predicted octanol–water partition coefficient (Wildman–Crippen LogP) is 5.12. The summed E-state index contributed by atoms with van der Waals surface area (Å²) >= 11 is 3.66. The molecule has 0 spiro atoms. The van der Waals surface area contributed by atoms with Crippen molar-refractivity contribution in [2.45, 2.75) is 64.5 Å². The molecule has 0 N–H and O–H groups in total. The van der Waals surface area contributed by atoms with Crippen LogP contribution in [-0.2, 0) is 12.0 Å². The number of halogens is 1. The van der Waals surface area contributed by atoms with Crippen LogP contribution in [0.1, 0.15) is 57.6 Å². The van der Waals surface area contributed by atoms with E-state index in [1.54, 1.807) is 0 Å². The molecule has 1 nitrogen and oxygen atoms in total. The summed E-state index contributed by atoms with van der Waals surface area (Å²) in [5, 5.41) is 0. The van der Waals surface area contributed by atoms with E-state index in [0.717, 1.165) is 12.6 Å². The molecule has 2 heteroatoms. The molecule has 0 saturated heterocycles. The van der Waals surface area contributed by atoms with Crippen LogP contribution in [0.25, 0.3) is 0 Å². The fraction of sp³-hybridized carbons (Fsp3) is 0.647. The molecule has 2 rings (SSSR count). The maximum Gasteiger partial charge on any atom is 0.0234 e. The Morgan fingerprint density at radius 2 is 1.79 bits per heavy atom. The van der Waals surface area contributed by atoms with E-state index in [1.165, 1.54) is 41.3 Å². The molecule has 0 heterocycles. The van der Waals surface area contributed by atoms with E-state index >= 15 is 0 Å². The van der Waals surface area contributed by atoms with E-state index in [2.05, 4.69) is 66.8 Å². The van der Waals surface area contributed by atoms with Gasteiger partial charge in [0, 0.05) is 17.1 Å². The lowest BCUT2D eigenvalue weighted by Gasteiger charge is -2.26.